The summed E-state index contributed by atoms with van der Waals surface area (Å²) in [5.74, 6) is 0.947. The fourth-order valence-corrected chi connectivity index (χ4v) is 3.67. The maximum Gasteiger partial charge on any atom is 0.252 e. The van der Waals surface area contributed by atoms with Gasteiger partial charge in [-0.05, 0) is 18.2 Å². The topological polar surface area (TPSA) is 90.9 Å². The Morgan fingerprint density at radius 2 is 1.56 bits per heavy atom. The van der Waals surface area contributed by atoms with Crippen LogP contribution < -0.4 is 19.5 Å². The second kappa shape index (κ2) is 8.77. The molecule has 8 heteroatoms. The first kappa shape index (κ1) is 20.6. The first-order valence-corrected chi connectivity index (χ1v) is 9.92. The summed E-state index contributed by atoms with van der Waals surface area (Å²) in [7, 11) is 1.03. The van der Waals surface area contributed by atoms with Crippen molar-refractivity contribution in [2.24, 2.45) is 0 Å². The summed E-state index contributed by atoms with van der Waals surface area (Å²) >= 11 is 0. The van der Waals surface area contributed by atoms with Gasteiger partial charge in [0.05, 0.1) is 37.5 Å². The SMILES string of the molecule is CCS(=O)(=O)c1ccccc1C(=O)NCc1cc(OC)c(OC)cc1OC. The molecule has 0 aliphatic rings. The Morgan fingerprint density at radius 3 is 2.15 bits per heavy atom. The van der Waals surface area contributed by atoms with E-state index in [0.717, 1.165) is 0 Å². The van der Waals surface area contributed by atoms with Crippen LogP contribution in [-0.2, 0) is 16.4 Å². The minimum absolute atomic E-state index is 0.0178. The molecule has 2 aromatic carbocycles. The van der Waals surface area contributed by atoms with Crippen LogP contribution in [0.2, 0.25) is 0 Å². The number of hydrogen-bond acceptors (Lipinski definition) is 6. The van der Waals surface area contributed by atoms with E-state index in [1.54, 1.807) is 31.2 Å². The summed E-state index contributed by atoms with van der Waals surface area (Å²) in [6.45, 7) is 1.67. The highest BCUT2D eigenvalue weighted by atomic mass is 32.2. The van der Waals surface area contributed by atoms with Gasteiger partial charge < -0.3 is 19.5 Å². The number of carbonyl (C=O) groups excluding carboxylic acids is 1. The molecule has 0 radical (unpaired) electrons. The molecule has 146 valence electrons. The molecule has 0 unspecified atom stereocenters. The Hall–Kier alpha value is -2.74. The maximum atomic E-state index is 12.6. The monoisotopic (exact) mass is 393 g/mol. The molecule has 0 saturated carbocycles. The van der Waals surface area contributed by atoms with Crippen LogP contribution in [0.1, 0.15) is 22.8 Å². The highest BCUT2D eigenvalue weighted by Gasteiger charge is 2.21. The van der Waals surface area contributed by atoms with Crippen molar-refractivity contribution in [2.45, 2.75) is 18.4 Å². The fourth-order valence-electron chi connectivity index (χ4n) is 2.58. The number of rotatable bonds is 8. The summed E-state index contributed by atoms with van der Waals surface area (Å²) < 4.78 is 40.3. The van der Waals surface area contributed by atoms with Crippen molar-refractivity contribution in [2.75, 3.05) is 27.1 Å². The Kier molecular flexibility index (Phi) is 6.68. The first-order valence-electron chi connectivity index (χ1n) is 8.26. The number of sulfone groups is 1. The standard InChI is InChI=1S/C19H23NO6S/c1-5-27(22,23)18-9-7-6-8-14(18)19(21)20-12-13-10-16(25-3)17(26-4)11-15(13)24-2/h6-11H,5,12H2,1-4H3,(H,20,21). The van der Waals surface area contributed by atoms with Crippen molar-refractivity contribution in [3.05, 3.63) is 47.5 Å². The number of hydrogen-bond donors (Lipinski definition) is 1. The molecule has 0 spiro atoms. The van der Waals surface area contributed by atoms with Crippen LogP contribution in [0.5, 0.6) is 17.2 Å². The van der Waals surface area contributed by atoms with E-state index < -0.39 is 15.7 Å². The van der Waals surface area contributed by atoms with E-state index in [-0.39, 0.29) is 22.8 Å². The lowest BCUT2D eigenvalue weighted by Gasteiger charge is -2.15. The number of methoxy groups -OCH3 is 3. The van der Waals surface area contributed by atoms with Gasteiger partial charge in [0.2, 0.25) is 0 Å². The fraction of sp³-hybridized carbons (Fsp3) is 0.316. The van der Waals surface area contributed by atoms with Crippen LogP contribution in [0.3, 0.4) is 0 Å². The summed E-state index contributed by atoms with van der Waals surface area (Å²) in [6.07, 6.45) is 0. The van der Waals surface area contributed by atoms with Gasteiger partial charge in [-0.15, -0.1) is 0 Å². The van der Waals surface area contributed by atoms with E-state index >= 15 is 0 Å². The molecule has 0 heterocycles. The molecule has 1 N–H and O–H groups in total. The predicted octanol–water partition coefficient (Wildman–Crippen LogP) is 2.44. The molecule has 7 nitrogen and oxygen atoms in total. The van der Waals surface area contributed by atoms with Crippen molar-refractivity contribution in [3.8, 4) is 17.2 Å². The van der Waals surface area contributed by atoms with Crippen LogP contribution in [0, 0.1) is 0 Å². The molecular formula is C19H23NO6S. The summed E-state index contributed by atoms with van der Waals surface area (Å²) in [4.78, 5) is 12.6. The number of nitrogens with one attached hydrogen (secondary N) is 1. The molecule has 0 fully saturated rings. The number of benzene rings is 2. The molecule has 0 aromatic heterocycles. The molecule has 0 saturated heterocycles. The zero-order chi connectivity index (χ0) is 20.0. The van der Waals surface area contributed by atoms with E-state index in [0.29, 0.717) is 22.8 Å². The predicted molar refractivity (Wildman–Crippen MR) is 101 cm³/mol. The lowest BCUT2D eigenvalue weighted by molar-refractivity contribution is 0.0947. The molecule has 1 amide bonds. The third-order valence-electron chi connectivity index (χ3n) is 4.07. The molecule has 0 aliphatic carbocycles. The third kappa shape index (κ3) is 4.51. The van der Waals surface area contributed by atoms with Crippen molar-refractivity contribution < 1.29 is 27.4 Å². The van der Waals surface area contributed by atoms with Crippen LogP contribution in [0.4, 0.5) is 0 Å². The molecule has 0 atom stereocenters. The molecule has 27 heavy (non-hydrogen) atoms. The van der Waals surface area contributed by atoms with E-state index in [1.165, 1.54) is 33.5 Å². The summed E-state index contributed by atoms with van der Waals surface area (Å²) in [5, 5.41) is 2.74. The Morgan fingerprint density at radius 1 is 0.963 bits per heavy atom. The highest BCUT2D eigenvalue weighted by Crippen LogP contribution is 2.34. The van der Waals surface area contributed by atoms with Gasteiger partial charge in [-0.2, -0.15) is 0 Å². The van der Waals surface area contributed by atoms with Crippen molar-refractivity contribution in [1.82, 2.24) is 5.32 Å². The van der Waals surface area contributed by atoms with Gasteiger partial charge in [0.1, 0.15) is 5.75 Å². The van der Waals surface area contributed by atoms with Gasteiger partial charge in [-0.25, -0.2) is 8.42 Å². The van der Waals surface area contributed by atoms with Crippen LogP contribution in [0.25, 0.3) is 0 Å². The number of amides is 1. The third-order valence-corrected chi connectivity index (χ3v) is 5.86. The average Bonchev–Trinajstić information content (AvgIpc) is 2.71. The van der Waals surface area contributed by atoms with Crippen LogP contribution in [0.15, 0.2) is 41.3 Å². The second-order valence-corrected chi connectivity index (χ2v) is 7.85. The van der Waals surface area contributed by atoms with Gasteiger partial charge >= 0.3 is 0 Å². The Labute approximate surface area is 159 Å². The van der Waals surface area contributed by atoms with Crippen molar-refractivity contribution in [3.63, 3.8) is 0 Å². The van der Waals surface area contributed by atoms with E-state index in [4.69, 9.17) is 14.2 Å². The van der Waals surface area contributed by atoms with Crippen molar-refractivity contribution >= 4 is 15.7 Å². The summed E-state index contributed by atoms with van der Waals surface area (Å²) in [5.41, 5.74) is 0.776. The normalized spacial score (nSPS) is 11.0. The van der Waals surface area contributed by atoms with E-state index in [9.17, 15) is 13.2 Å². The molecule has 2 rings (SSSR count). The maximum absolute atomic E-state index is 12.6. The first-order chi connectivity index (χ1) is 12.9. The lowest BCUT2D eigenvalue weighted by atomic mass is 10.1. The molecular weight excluding hydrogens is 370 g/mol. The van der Waals surface area contributed by atoms with Gasteiger partial charge in [-0.1, -0.05) is 19.1 Å². The quantitative estimate of drug-likeness (QED) is 0.741. The van der Waals surface area contributed by atoms with Crippen LogP contribution in [-0.4, -0.2) is 41.4 Å². The van der Waals surface area contributed by atoms with Crippen LogP contribution >= 0.6 is 0 Å². The second-order valence-electron chi connectivity index (χ2n) is 5.60. The lowest BCUT2D eigenvalue weighted by Crippen LogP contribution is -2.25. The Balaban J connectivity index is 2.29. The molecule has 0 bridgehead atoms. The van der Waals surface area contributed by atoms with Gasteiger partial charge in [0, 0.05) is 18.2 Å². The van der Waals surface area contributed by atoms with E-state index in [1.807, 2.05) is 0 Å². The smallest absolute Gasteiger partial charge is 0.252 e. The zero-order valence-electron chi connectivity index (χ0n) is 15.7. The Bertz CT molecular complexity index is 924. The minimum Gasteiger partial charge on any atom is -0.496 e. The number of ether oxygens (including phenoxy) is 3. The minimum atomic E-state index is -3.51. The van der Waals surface area contributed by atoms with Crippen molar-refractivity contribution in [1.29, 1.82) is 0 Å². The average molecular weight is 393 g/mol. The zero-order valence-corrected chi connectivity index (χ0v) is 16.6. The van der Waals surface area contributed by atoms with Gasteiger partial charge in [-0.3, -0.25) is 4.79 Å². The highest BCUT2D eigenvalue weighted by molar-refractivity contribution is 7.91. The molecule has 2 aromatic rings. The van der Waals surface area contributed by atoms with Gasteiger partial charge in [0.25, 0.3) is 5.91 Å². The van der Waals surface area contributed by atoms with Gasteiger partial charge in [0.15, 0.2) is 21.3 Å². The largest absolute Gasteiger partial charge is 0.496 e. The number of carbonyl (C=O) groups is 1. The molecule has 0 aliphatic heterocycles. The van der Waals surface area contributed by atoms with E-state index in [2.05, 4.69) is 5.32 Å². The summed E-state index contributed by atoms with van der Waals surface area (Å²) in [6, 6.07) is 9.51.